The average Bonchev–Trinajstić information content (AvgIpc) is 3.97. The van der Waals surface area contributed by atoms with Gasteiger partial charge < -0.3 is 4.57 Å². The van der Waals surface area contributed by atoms with E-state index in [-0.39, 0.29) is 5.41 Å². The molecule has 5 aromatic carbocycles. The molecule has 1 aliphatic carbocycles. The molecule has 0 atom stereocenters. The topological polar surface area (TPSA) is 56.5 Å². The number of benzene rings is 5. The van der Waals surface area contributed by atoms with E-state index in [0.29, 0.717) is 17.5 Å². The maximum Gasteiger partial charge on any atom is 0.164 e. The summed E-state index contributed by atoms with van der Waals surface area (Å²) >= 11 is 1.78. The number of thiazole rings is 1. The van der Waals surface area contributed by atoms with Gasteiger partial charge in [0.1, 0.15) is 12.3 Å². The Morgan fingerprint density at radius 2 is 1.35 bits per heavy atom. The lowest BCUT2D eigenvalue weighted by atomic mass is 9.81. The van der Waals surface area contributed by atoms with Gasteiger partial charge in [-0.3, -0.25) is 0 Å². The molecule has 0 bridgehead atoms. The fraction of sp³-hybridized carbons (Fsp3) is 0.103. The first-order valence-corrected chi connectivity index (χ1v) is 22.7. The number of rotatable bonds is 13. The zero-order chi connectivity index (χ0) is 45.2. The van der Waals surface area contributed by atoms with Crippen LogP contribution >= 0.6 is 11.3 Å². The van der Waals surface area contributed by atoms with Crippen molar-refractivity contribution < 1.29 is 0 Å². The van der Waals surface area contributed by atoms with Crippen LogP contribution in [0.15, 0.2) is 171 Å². The Morgan fingerprint density at radius 3 is 1.95 bits per heavy atom. The van der Waals surface area contributed by atoms with Crippen molar-refractivity contribution in [2.45, 2.75) is 39.9 Å². The van der Waals surface area contributed by atoms with Gasteiger partial charge in [0.15, 0.2) is 17.5 Å². The quantitative estimate of drug-likeness (QED) is 0.0856. The molecule has 315 valence electrons. The van der Waals surface area contributed by atoms with Gasteiger partial charge in [-0.25, -0.2) is 19.9 Å². The van der Waals surface area contributed by atoms with Crippen LogP contribution in [0.1, 0.15) is 65.8 Å². The number of aromatic nitrogens is 5. The maximum absolute atomic E-state index is 5.09. The van der Waals surface area contributed by atoms with E-state index in [1.807, 2.05) is 111 Å². The third kappa shape index (κ3) is 7.94. The molecule has 0 N–H and O–H groups in total. The van der Waals surface area contributed by atoms with Crippen LogP contribution in [0.4, 0.5) is 0 Å². The summed E-state index contributed by atoms with van der Waals surface area (Å²) in [5.74, 6) is 3.72. The van der Waals surface area contributed by atoms with Gasteiger partial charge in [-0.2, -0.15) is 0 Å². The van der Waals surface area contributed by atoms with Gasteiger partial charge in [0.25, 0.3) is 0 Å². The number of fused-ring (bicyclic) bond motifs is 5. The summed E-state index contributed by atoms with van der Waals surface area (Å²) in [5.41, 5.74) is 16.9. The van der Waals surface area contributed by atoms with Crippen LogP contribution in [-0.4, -0.2) is 31.8 Å². The largest absolute Gasteiger partial charge is 0.313 e. The normalized spacial score (nSPS) is 13.5. The molecule has 7 heteroatoms. The van der Waals surface area contributed by atoms with Crippen molar-refractivity contribution in [2.24, 2.45) is 0 Å². The fourth-order valence-corrected chi connectivity index (χ4v) is 10.0. The number of hydrogen-bond donors (Lipinski definition) is 0. The first-order valence-electron chi connectivity index (χ1n) is 21.9. The van der Waals surface area contributed by atoms with Gasteiger partial charge in [-0.15, -0.1) is 17.3 Å². The summed E-state index contributed by atoms with van der Waals surface area (Å²) in [4.78, 5) is 20.2. The van der Waals surface area contributed by atoms with Gasteiger partial charge >= 0.3 is 0 Å². The predicted octanol–water partition coefficient (Wildman–Crippen LogP) is 15.1. The number of hydrogen-bond acceptors (Lipinski definition) is 5. The molecule has 1 aliphatic rings. The van der Waals surface area contributed by atoms with Crippen LogP contribution in [-0.2, 0) is 5.41 Å². The Labute approximate surface area is 387 Å². The summed E-state index contributed by atoms with van der Waals surface area (Å²) < 4.78 is 3.45. The second-order valence-corrected chi connectivity index (χ2v) is 17.6. The second kappa shape index (κ2) is 18.0. The SMILES string of the molecule is C=C/C(=C\c1c(/C=C(\C)c2ccc3c(c2)C(C)(C)c2ccc4nc(-c5ccccc5)sc4c2-3)c(C=C)n(/C(C=C)=C/C=C\[B]C)c1C)c1nc(-c2ccccc2)nc(-c2ccccc2)n1. The van der Waals surface area contributed by atoms with E-state index in [2.05, 4.69) is 125 Å². The van der Waals surface area contributed by atoms with E-state index in [4.69, 9.17) is 19.9 Å². The highest BCUT2D eigenvalue weighted by Crippen LogP contribution is 2.53. The number of allylic oxidation sites excluding steroid dienone is 7. The van der Waals surface area contributed by atoms with E-state index < -0.39 is 0 Å². The first kappa shape index (κ1) is 42.8. The molecule has 8 aromatic rings. The molecule has 0 unspecified atom stereocenters. The second-order valence-electron chi connectivity index (χ2n) is 16.6. The highest BCUT2D eigenvalue weighted by molar-refractivity contribution is 7.22. The summed E-state index contributed by atoms with van der Waals surface area (Å²) in [6, 6.07) is 41.9. The molecule has 0 saturated heterocycles. The fourth-order valence-electron chi connectivity index (χ4n) is 8.88. The predicted molar refractivity (Wildman–Crippen MR) is 279 cm³/mol. The van der Waals surface area contributed by atoms with Gasteiger partial charge in [0.2, 0.25) is 0 Å². The van der Waals surface area contributed by atoms with Gasteiger partial charge in [-0.1, -0.05) is 162 Å². The molecule has 0 fully saturated rings. The van der Waals surface area contributed by atoms with Crippen molar-refractivity contribution >= 4 is 63.9 Å². The lowest BCUT2D eigenvalue weighted by molar-refractivity contribution is 0.660. The Hall–Kier alpha value is -7.48. The summed E-state index contributed by atoms with van der Waals surface area (Å²) in [6.07, 6.45) is 14.2. The van der Waals surface area contributed by atoms with E-state index in [1.54, 1.807) is 11.3 Å². The minimum Gasteiger partial charge on any atom is -0.313 e. The molecule has 3 heterocycles. The van der Waals surface area contributed by atoms with Crippen molar-refractivity contribution in [3.8, 4) is 44.5 Å². The Morgan fingerprint density at radius 1 is 0.708 bits per heavy atom. The minimum absolute atomic E-state index is 0.208. The molecule has 9 rings (SSSR count). The van der Waals surface area contributed by atoms with Gasteiger partial charge in [0.05, 0.1) is 15.9 Å². The first-order chi connectivity index (χ1) is 31.6. The summed E-state index contributed by atoms with van der Waals surface area (Å²) in [7, 11) is 2.01. The van der Waals surface area contributed by atoms with Crippen LogP contribution in [0.3, 0.4) is 0 Å². The molecule has 0 aliphatic heterocycles. The van der Waals surface area contributed by atoms with E-state index in [0.717, 1.165) is 72.1 Å². The van der Waals surface area contributed by atoms with E-state index in [9.17, 15) is 0 Å². The van der Waals surface area contributed by atoms with Crippen molar-refractivity contribution in [1.82, 2.24) is 24.5 Å². The van der Waals surface area contributed by atoms with Gasteiger partial charge in [-0.05, 0) is 84.2 Å². The molecule has 3 aromatic heterocycles. The third-order valence-electron chi connectivity index (χ3n) is 12.3. The molecular weight excluding hydrogens is 810 g/mol. The van der Waals surface area contributed by atoms with Crippen molar-refractivity contribution in [3.05, 3.63) is 216 Å². The van der Waals surface area contributed by atoms with Crippen molar-refractivity contribution in [1.29, 1.82) is 0 Å². The van der Waals surface area contributed by atoms with E-state index >= 15 is 0 Å². The monoisotopic (exact) mass is 858 g/mol. The highest BCUT2D eigenvalue weighted by Gasteiger charge is 2.37. The van der Waals surface area contributed by atoms with Crippen molar-refractivity contribution in [3.63, 3.8) is 0 Å². The third-order valence-corrected chi connectivity index (χ3v) is 13.4. The molecule has 1 radical (unpaired) electrons. The lowest BCUT2D eigenvalue weighted by Gasteiger charge is -2.22. The molecule has 5 nitrogen and oxygen atoms in total. The zero-order valence-corrected chi connectivity index (χ0v) is 38.3. The maximum atomic E-state index is 5.09. The van der Waals surface area contributed by atoms with Crippen LogP contribution in [0.25, 0.3) is 89.8 Å². The number of nitrogens with zero attached hydrogens (tertiary/aromatic N) is 5. The Balaban J connectivity index is 1.21. The molecular formula is C58H49BN5S. The van der Waals surface area contributed by atoms with Crippen LogP contribution < -0.4 is 0 Å². The average molecular weight is 859 g/mol. The summed E-state index contributed by atoms with van der Waals surface area (Å²) in [6.45, 7) is 23.9. The molecule has 0 spiro atoms. The zero-order valence-electron chi connectivity index (χ0n) is 37.5. The Kier molecular flexibility index (Phi) is 11.8. The van der Waals surface area contributed by atoms with Crippen molar-refractivity contribution in [2.75, 3.05) is 0 Å². The van der Waals surface area contributed by atoms with Gasteiger partial charge in [0, 0.05) is 55.8 Å². The molecule has 0 amide bonds. The molecule has 0 saturated carbocycles. The summed E-state index contributed by atoms with van der Waals surface area (Å²) in [5, 5.41) is 1.04. The van der Waals surface area contributed by atoms with Crippen LogP contribution in [0, 0.1) is 6.92 Å². The van der Waals surface area contributed by atoms with Crippen LogP contribution in [0.2, 0.25) is 6.82 Å². The van der Waals surface area contributed by atoms with Crippen LogP contribution in [0.5, 0.6) is 0 Å². The Bertz CT molecular complexity index is 3220. The smallest absolute Gasteiger partial charge is 0.164 e. The highest BCUT2D eigenvalue weighted by atomic mass is 32.1. The standard InChI is InChI=1S/C58H49BN5S/c1-9-39(54-61-55(40-22-15-12-16-23-40)63-56(62-54)41-24-17-13-18-25-41)35-46-38(5)64(44(10-2)28-21-33-59-8)51(11-3)47(46)34-37(4)43-29-30-45-49(36-43)58(6,7)48-31-32-50-53(52(45)48)65-57(60-50)42-26-19-14-20-27-42/h9-36H,1-3H2,4-8H3/b33-21-,37-34+,39-35+,44-28+. The lowest BCUT2D eigenvalue weighted by Crippen LogP contribution is -2.15. The minimum atomic E-state index is -0.208. The van der Waals surface area contributed by atoms with E-state index in [1.165, 1.54) is 27.0 Å². The molecule has 65 heavy (non-hydrogen) atoms.